The maximum atomic E-state index is 12.7. The number of carbonyl (C=O) groups is 11. The molecular formula is C61H61N3O17. The Kier molecular flexibility index (Phi) is 18.6. The van der Waals surface area contributed by atoms with Crippen molar-refractivity contribution in [3.8, 4) is 0 Å². The molecule has 422 valence electrons. The first kappa shape index (κ1) is 59.5. The number of Topliss-reactive ketones (excluding diaryl/α,β-unsaturated/α-hetero) is 3. The number of fused-ring (bicyclic) bond motifs is 6. The molecule has 8 N–H and O–H groups in total. The Labute approximate surface area is 465 Å². The standard InChI is InChI=1S/C16H18O5.C13H12N2O4.C12H13NO4.C11H10O3.C9H8O/c1-3-20-13(17)10-16(15(19)21-4-2)9-11-7-5-6-8-12(11)14(16)18;16-10(17)6-8-5-7-3-1-2-4-9(7)13(8)11(18)14-12(19)15-13;13-12(11(16)17)8(6-10(14)15)5-7-3-1-2-4-9(7)12;12-10(13)6-8-5-7-3-1-2-4-9(7)11(8)14;10-9-6-5-7-3-1-2-4-8(7)9/h5-8H,3-4,9-10H2,1-2H3;1-4,8H,5-6H2,(H,16,17)(H2,14,15,18,19);1-4,8H,5-6,13H2,(H,14,15)(H,16,17);1-4,8H,5-6H2,(H,12,13);1-4H,5-6H2. The third kappa shape index (κ3) is 12.5. The molecule has 5 aromatic rings. The number of ether oxygens (including phenoxy) is 2. The number of carboxylic acids is 4. The van der Waals surface area contributed by atoms with Crippen molar-refractivity contribution in [1.82, 2.24) is 10.6 Å². The van der Waals surface area contributed by atoms with Gasteiger partial charge in [-0.2, -0.15) is 0 Å². The van der Waals surface area contributed by atoms with Gasteiger partial charge in [-0.05, 0) is 84.9 Å². The molecule has 5 aromatic carbocycles. The van der Waals surface area contributed by atoms with Crippen molar-refractivity contribution in [2.75, 3.05) is 13.2 Å². The average molecular weight is 1110 g/mol. The smallest absolute Gasteiger partial charge is 0.328 e. The van der Waals surface area contributed by atoms with Crippen LogP contribution in [0.5, 0.6) is 0 Å². The van der Waals surface area contributed by atoms with Gasteiger partial charge in [-0.25, -0.2) is 9.59 Å². The molecule has 6 atom stereocenters. The lowest BCUT2D eigenvalue weighted by Gasteiger charge is -2.28. The van der Waals surface area contributed by atoms with Crippen LogP contribution in [-0.2, 0) is 86.2 Å². The number of carboxylic acid groups (broad SMARTS) is 4. The quantitative estimate of drug-likeness (QED) is 0.0415. The second kappa shape index (κ2) is 25.3. The second-order valence-electron chi connectivity index (χ2n) is 20.3. The van der Waals surface area contributed by atoms with Gasteiger partial charge < -0.3 is 41.0 Å². The lowest BCUT2D eigenvalue weighted by Crippen LogP contribution is -2.49. The SMILES string of the molecule is CCOC(=O)CC1(C(=O)OCC)Cc2ccccc2C1=O.NC1(C(=O)O)c2ccccc2CC1CC(=O)O.O=C(O)CC1Cc2ccccc2C12NC(=O)NC2=O.O=C(O)CC1Cc2ccccc2C1=O.O=C1CCc2ccccc21. The van der Waals surface area contributed by atoms with Gasteiger partial charge in [-0.3, -0.25) is 48.5 Å². The molecule has 1 fully saturated rings. The van der Waals surface area contributed by atoms with E-state index >= 15 is 0 Å². The molecule has 5 aliphatic carbocycles. The van der Waals surface area contributed by atoms with Crippen LogP contribution in [0.3, 0.4) is 0 Å². The van der Waals surface area contributed by atoms with E-state index in [0.717, 1.165) is 34.2 Å². The molecular weight excluding hydrogens is 1050 g/mol. The van der Waals surface area contributed by atoms with E-state index in [2.05, 4.69) is 10.6 Å². The molecule has 0 bridgehead atoms. The molecule has 20 nitrogen and oxygen atoms in total. The Morgan fingerprint density at radius 3 is 1.62 bits per heavy atom. The van der Waals surface area contributed by atoms with Crippen molar-refractivity contribution in [2.45, 2.75) is 89.1 Å². The number of nitrogens with one attached hydrogen (secondary N) is 2. The Balaban J connectivity index is 0.000000148. The summed E-state index contributed by atoms with van der Waals surface area (Å²) in [5, 5.41) is 40.6. The number of esters is 2. The summed E-state index contributed by atoms with van der Waals surface area (Å²) in [6.07, 6.45) is 2.51. The Hall–Kier alpha value is -9.17. The topological polar surface area (TPSA) is 337 Å². The van der Waals surface area contributed by atoms with Gasteiger partial charge in [0.1, 0.15) is 11.0 Å². The summed E-state index contributed by atoms with van der Waals surface area (Å²) in [5.41, 5.74) is 9.66. The average Bonchev–Trinajstić information content (AvgIpc) is 4.47. The van der Waals surface area contributed by atoms with E-state index in [-0.39, 0.29) is 62.8 Å². The predicted molar refractivity (Wildman–Crippen MR) is 288 cm³/mol. The summed E-state index contributed by atoms with van der Waals surface area (Å²) in [6, 6.07) is 35.8. The van der Waals surface area contributed by atoms with Crippen LogP contribution >= 0.6 is 0 Å². The summed E-state index contributed by atoms with van der Waals surface area (Å²) < 4.78 is 9.95. The number of ketones is 3. The minimum Gasteiger partial charge on any atom is -0.481 e. The fraction of sp³-hybridized carbons (Fsp3) is 0.328. The minimum atomic E-state index is -1.59. The number of imide groups is 1. The Morgan fingerprint density at radius 2 is 1.07 bits per heavy atom. The molecule has 6 unspecified atom stereocenters. The van der Waals surface area contributed by atoms with Crippen LogP contribution < -0.4 is 16.4 Å². The van der Waals surface area contributed by atoms with Gasteiger partial charge in [0.2, 0.25) is 0 Å². The van der Waals surface area contributed by atoms with Crippen molar-refractivity contribution in [3.63, 3.8) is 0 Å². The van der Waals surface area contributed by atoms with Crippen molar-refractivity contribution in [3.05, 3.63) is 177 Å². The molecule has 6 aliphatic rings. The first-order chi connectivity index (χ1) is 38.6. The molecule has 20 heteroatoms. The molecule has 11 rings (SSSR count). The van der Waals surface area contributed by atoms with Gasteiger partial charge >= 0.3 is 41.8 Å². The van der Waals surface area contributed by atoms with Gasteiger partial charge in [-0.1, -0.05) is 121 Å². The molecule has 0 saturated carbocycles. The maximum absolute atomic E-state index is 12.7. The fourth-order valence-electron chi connectivity index (χ4n) is 11.5. The van der Waals surface area contributed by atoms with Crippen LogP contribution in [0.1, 0.15) is 116 Å². The second-order valence-corrected chi connectivity index (χ2v) is 20.3. The lowest BCUT2D eigenvalue weighted by molar-refractivity contribution is -0.158. The number of rotatable bonds is 12. The number of amides is 3. The minimum absolute atomic E-state index is 0.0250. The molecule has 81 heavy (non-hydrogen) atoms. The lowest BCUT2D eigenvalue weighted by atomic mass is 9.80. The molecule has 1 saturated heterocycles. The zero-order valence-corrected chi connectivity index (χ0v) is 44.4. The number of aliphatic carboxylic acids is 4. The first-order valence-corrected chi connectivity index (χ1v) is 26.3. The molecule has 3 amide bonds. The Morgan fingerprint density at radius 1 is 0.568 bits per heavy atom. The molecule has 1 spiro atoms. The van der Waals surface area contributed by atoms with E-state index in [1.165, 1.54) is 5.56 Å². The normalized spacial score (nSPS) is 22.6. The van der Waals surface area contributed by atoms with Crippen LogP contribution in [-0.4, -0.2) is 98.7 Å². The van der Waals surface area contributed by atoms with Crippen molar-refractivity contribution < 1.29 is 82.6 Å². The third-order valence-corrected chi connectivity index (χ3v) is 15.3. The Bertz CT molecular complexity index is 3340. The van der Waals surface area contributed by atoms with Crippen LogP contribution in [0.4, 0.5) is 4.79 Å². The van der Waals surface area contributed by atoms with Gasteiger partial charge in [0.05, 0.1) is 38.9 Å². The monoisotopic (exact) mass is 1110 g/mol. The number of hydrogen-bond donors (Lipinski definition) is 7. The fourth-order valence-corrected chi connectivity index (χ4v) is 11.5. The molecule has 1 heterocycles. The van der Waals surface area contributed by atoms with Gasteiger partial charge in [0.25, 0.3) is 5.91 Å². The summed E-state index contributed by atoms with van der Waals surface area (Å²) >= 11 is 0. The molecule has 0 aromatic heterocycles. The van der Waals surface area contributed by atoms with E-state index in [1.54, 1.807) is 86.6 Å². The summed E-state index contributed by atoms with van der Waals surface area (Å²) in [4.78, 5) is 127. The largest absolute Gasteiger partial charge is 0.481 e. The van der Waals surface area contributed by atoms with Crippen molar-refractivity contribution in [1.29, 1.82) is 0 Å². The van der Waals surface area contributed by atoms with E-state index in [9.17, 15) is 57.8 Å². The van der Waals surface area contributed by atoms with Gasteiger partial charge in [0, 0.05) is 40.9 Å². The number of urea groups is 1. The van der Waals surface area contributed by atoms with Crippen molar-refractivity contribution in [2.24, 2.45) is 28.9 Å². The van der Waals surface area contributed by atoms with Crippen LogP contribution in [0.15, 0.2) is 121 Å². The first-order valence-electron chi connectivity index (χ1n) is 26.3. The van der Waals surface area contributed by atoms with Crippen LogP contribution in [0.25, 0.3) is 0 Å². The number of nitrogens with two attached hydrogens (primary N) is 1. The van der Waals surface area contributed by atoms with E-state index in [4.69, 9.17) is 30.5 Å². The zero-order valence-electron chi connectivity index (χ0n) is 44.4. The summed E-state index contributed by atoms with van der Waals surface area (Å²) in [5.74, 6) is -7.27. The predicted octanol–water partition coefficient (Wildman–Crippen LogP) is 6.20. The third-order valence-electron chi connectivity index (χ3n) is 15.3. The highest BCUT2D eigenvalue weighted by Gasteiger charge is 2.58. The maximum Gasteiger partial charge on any atom is 0.328 e. The molecule has 1 aliphatic heterocycles. The highest BCUT2D eigenvalue weighted by Crippen LogP contribution is 2.46. The zero-order chi connectivity index (χ0) is 58.8. The summed E-state index contributed by atoms with van der Waals surface area (Å²) in [6.45, 7) is 3.72. The van der Waals surface area contributed by atoms with Gasteiger partial charge in [-0.15, -0.1) is 0 Å². The van der Waals surface area contributed by atoms with Crippen LogP contribution in [0, 0.1) is 23.2 Å². The number of benzene rings is 5. The van der Waals surface area contributed by atoms with Crippen molar-refractivity contribution >= 4 is 65.1 Å². The van der Waals surface area contributed by atoms with Gasteiger partial charge in [0.15, 0.2) is 22.9 Å². The summed E-state index contributed by atoms with van der Waals surface area (Å²) in [7, 11) is 0. The highest BCUT2D eigenvalue weighted by molar-refractivity contribution is 6.17. The number of carbonyl (C=O) groups excluding carboxylic acids is 7. The van der Waals surface area contributed by atoms with E-state index in [1.807, 2.05) is 48.5 Å². The van der Waals surface area contributed by atoms with Crippen LogP contribution in [0.2, 0.25) is 0 Å². The molecule has 0 radical (unpaired) electrons. The van der Waals surface area contributed by atoms with E-state index in [0.29, 0.717) is 53.7 Å². The number of hydrogen-bond acceptors (Lipinski definition) is 14. The highest BCUT2D eigenvalue weighted by atomic mass is 16.5. The number of aryl methyl sites for hydroxylation is 1. The van der Waals surface area contributed by atoms with E-state index < -0.39 is 76.1 Å².